The van der Waals surface area contributed by atoms with Crippen molar-refractivity contribution in [3.63, 3.8) is 0 Å². The van der Waals surface area contributed by atoms with Gasteiger partial charge in [-0.3, -0.25) is 0 Å². The Morgan fingerprint density at radius 1 is 1.50 bits per heavy atom. The van der Waals surface area contributed by atoms with Crippen LogP contribution in [0.2, 0.25) is 0 Å². The summed E-state index contributed by atoms with van der Waals surface area (Å²) in [6.45, 7) is 1.73. The maximum absolute atomic E-state index is 8.37. The summed E-state index contributed by atoms with van der Waals surface area (Å²) in [6.07, 6.45) is 1.75. The van der Waals surface area contributed by atoms with Gasteiger partial charge in [-0.1, -0.05) is 29.4 Å². The van der Waals surface area contributed by atoms with Gasteiger partial charge in [0.05, 0.1) is 0 Å². The molecule has 1 unspecified atom stereocenters. The highest BCUT2D eigenvalue weighted by molar-refractivity contribution is 5.79. The summed E-state index contributed by atoms with van der Waals surface area (Å²) in [5, 5.41) is 14.6. The van der Waals surface area contributed by atoms with Gasteiger partial charge < -0.3 is 16.3 Å². The molecule has 0 saturated carbocycles. The maximum Gasteiger partial charge on any atom is 0.140 e. The van der Waals surface area contributed by atoms with Crippen LogP contribution in [0.25, 0.3) is 0 Å². The van der Waals surface area contributed by atoms with Crippen molar-refractivity contribution < 1.29 is 5.21 Å². The zero-order valence-corrected chi connectivity index (χ0v) is 9.19. The minimum absolute atomic E-state index is 0.279. The molecule has 4 N–H and O–H groups in total. The van der Waals surface area contributed by atoms with E-state index in [0.717, 1.165) is 19.5 Å². The standard InChI is InChI=1S/C12H17N3O/c13-12(15-16)5-6-14-8-10-7-9-3-1-2-4-11(9)10/h1-4,10,14,16H,5-8H2,(H2,13,15). The number of fused-ring (bicyclic) bond motifs is 1. The minimum Gasteiger partial charge on any atom is -0.409 e. The largest absolute Gasteiger partial charge is 0.409 e. The van der Waals surface area contributed by atoms with Gasteiger partial charge in [-0.2, -0.15) is 0 Å². The van der Waals surface area contributed by atoms with Crippen molar-refractivity contribution in [3.05, 3.63) is 35.4 Å². The fourth-order valence-corrected chi connectivity index (χ4v) is 2.09. The van der Waals surface area contributed by atoms with Crippen molar-refractivity contribution >= 4 is 5.84 Å². The molecular weight excluding hydrogens is 202 g/mol. The predicted molar refractivity (Wildman–Crippen MR) is 63.8 cm³/mol. The molecule has 1 aromatic carbocycles. The van der Waals surface area contributed by atoms with Crippen molar-refractivity contribution in [2.24, 2.45) is 10.9 Å². The lowest BCUT2D eigenvalue weighted by Crippen LogP contribution is -2.31. The summed E-state index contributed by atoms with van der Waals surface area (Å²) in [5.41, 5.74) is 8.29. The maximum atomic E-state index is 8.37. The third-order valence-corrected chi connectivity index (χ3v) is 3.04. The van der Waals surface area contributed by atoms with Gasteiger partial charge in [0.1, 0.15) is 5.84 Å². The molecule has 1 aliphatic carbocycles. The number of rotatable bonds is 5. The first kappa shape index (κ1) is 11.0. The first-order valence-electron chi connectivity index (χ1n) is 5.56. The van der Waals surface area contributed by atoms with E-state index in [0.29, 0.717) is 12.3 Å². The Hall–Kier alpha value is -1.55. The van der Waals surface area contributed by atoms with E-state index in [4.69, 9.17) is 10.9 Å². The molecule has 0 fully saturated rings. The normalized spacial score (nSPS) is 19.0. The number of nitrogens with one attached hydrogen (secondary N) is 1. The molecule has 4 heteroatoms. The second kappa shape index (κ2) is 4.99. The minimum atomic E-state index is 0.279. The van der Waals surface area contributed by atoms with Gasteiger partial charge in [-0.15, -0.1) is 0 Å². The van der Waals surface area contributed by atoms with Gasteiger partial charge in [0, 0.05) is 25.4 Å². The van der Waals surface area contributed by atoms with Crippen molar-refractivity contribution in [2.45, 2.75) is 18.8 Å². The van der Waals surface area contributed by atoms with Crippen LogP contribution in [0.15, 0.2) is 29.4 Å². The molecular formula is C12H17N3O. The van der Waals surface area contributed by atoms with E-state index in [2.05, 4.69) is 34.7 Å². The van der Waals surface area contributed by atoms with Crippen LogP contribution in [-0.4, -0.2) is 24.1 Å². The van der Waals surface area contributed by atoms with Crippen LogP contribution in [0.5, 0.6) is 0 Å². The lowest BCUT2D eigenvalue weighted by atomic mass is 9.77. The SMILES string of the molecule is NC(CCNCC1Cc2ccccc21)=NO. The van der Waals surface area contributed by atoms with Crippen molar-refractivity contribution in [1.29, 1.82) is 0 Å². The van der Waals surface area contributed by atoms with Crippen molar-refractivity contribution in [3.8, 4) is 0 Å². The van der Waals surface area contributed by atoms with E-state index < -0.39 is 0 Å². The van der Waals surface area contributed by atoms with E-state index >= 15 is 0 Å². The molecule has 0 saturated heterocycles. The summed E-state index contributed by atoms with van der Waals surface area (Å²) in [5.74, 6) is 0.907. The number of nitrogens with two attached hydrogens (primary N) is 1. The monoisotopic (exact) mass is 219 g/mol. The fourth-order valence-electron chi connectivity index (χ4n) is 2.09. The number of benzene rings is 1. The van der Waals surface area contributed by atoms with Crippen LogP contribution in [0.1, 0.15) is 23.5 Å². The van der Waals surface area contributed by atoms with Gasteiger partial charge in [-0.25, -0.2) is 0 Å². The molecule has 0 aromatic heterocycles. The number of nitrogens with zero attached hydrogens (tertiary/aromatic N) is 1. The second-order valence-corrected chi connectivity index (χ2v) is 4.15. The Kier molecular flexibility index (Phi) is 3.41. The van der Waals surface area contributed by atoms with Crippen LogP contribution < -0.4 is 11.1 Å². The zero-order valence-electron chi connectivity index (χ0n) is 9.19. The van der Waals surface area contributed by atoms with Gasteiger partial charge in [0.25, 0.3) is 0 Å². The molecule has 0 spiro atoms. The van der Waals surface area contributed by atoms with Gasteiger partial charge in [0.15, 0.2) is 0 Å². The quantitative estimate of drug-likeness (QED) is 0.228. The zero-order chi connectivity index (χ0) is 11.4. The van der Waals surface area contributed by atoms with Crippen LogP contribution in [0.3, 0.4) is 0 Å². The van der Waals surface area contributed by atoms with Crippen molar-refractivity contribution in [1.82, 2.24) is 5.32 Å². The first-order chi connectivity index (χ1) is 7.81. The highest BCUT2D eigenvalue weighted by Gasteiger charge is 2.24. The molecule has 1 atom stereocenters. The third kappa shape index (κ3) is 2.33. The topological polar surface area (TPSA) is 70.6 Å². The Morgan fingerprint density at radius 3 is 3.06 bits per heavy atom. The molecule has 1 aromatic rings. The van der Waals surface area contributed by atoms with E-state index in [1.54, 1.807) is 0 Å². The molecule has 0 heterocycles. The molecule has 0 amide bonds. The first-order valence-corrected chi connectivity index (χ1v) is 5.56. The van der Waals surface area contributed by atoms with Gasteiger partial charge >= 0.3 is 0 Å². The Balaban J connectivity index is 1.70. The second-order valence-electron chi connectivity index (χ2n) is 4.15. The molecule has 86 valence electrons. The summed E-state index contributed by atoms with van der Waals surface area (Å²) >= 11 is 0. The molecule has 1 aliphatic rings. The number of amidine groups is 1. The fraction of sp³-hybridized carbons (Fsp3) is 0.417. The predicted octanol–water partition coefficient (Wildman–Crippen LogP) is 1.05. The van der Waals surface area contributed by atoms with Crippen LogP contribution in [-0.2, 0) is 6.42 Å². The third-order valence-electron chi connectivity index (χ3n) is 3.04. The Bertz CT molecular complexity index is 390. The molecule has 0 bridgehead atoms. The number of hydrogen-bond acceptors (Lipinski definition) is 3. The Labute approximate surface area is 95.1 Å². The lowest BCUT2D eigenvalue weighted by Gasteiger charge is -2.30. The van der Waals surface area contributed by atoms with Gasteiger partial charge in [0.2, 0.25) is 0 Å². The molecule has 2 rings (SSSR count). The highest BCUT2D eigenvalue weighted by Crippen LogP contribution is 2.33. The molecule has 0 radical (unpaired) electrons. The Morgan fingerprint density at radius 2 is 2.31 bits per heavy atom. The van der Waals surface area contributed by atoms with Crippen LogP contribution in [0, 0.1) is 0 Å². The van der Waals surface area contributed by atoms with Crippen molar-refractivity contribution in [2.75, 3.05) is 13.1 Å². The average Bonchev–Trinajstić information content (AvgIpc) is 2.29. The van der Waals surface area contributed by atoms with E-state index in [1.807, 2.05) is 0 Å². The summed E-state index contributed by atoms with van der Waals surface area (Å²) in [7, 11) is 0. The molecule has 4 nitrogen and oxygen atoms in total. The number of oxime groups is 1. The number of hydrogen-bond donors (Lipinski definition) is 3. The average molecular weight is 219 g/mol. The highest BCUT2D eigenvalue weighted by atomic mass is 16.4. The van der Waals surface area contributed by atoms with Gasteiger partial charge in [-0.05, 0) is 17.5 Å². The summed E-state index contributed by atoms with van der Waals surface area (Å²) < 4.78 is 0. The smallest absolute Gasteiger partial charge is 0.140 e. The van der Waals surface area contributed by atoms with Crippen LogP contribution >= 0.6 is 0 Å². The van der Waals surface area contributed by atoms with E-state index in [-0.39, 0.29) is 5.84 Å². The van der Waals surface area contributed by atoms with E-state index in [9.17, 15) is 0 Å². The van der Waals surface area contributed by atoms with E-state index in [1.165, 1.54) is 11.1 Å². The van der Waals surface area contributed by atoms with Crippen LogP contribution in [0.4, 0.5) is 0 Å². The molecule has 16 heavy (non-hydrogen) atoms. The lowest BCUT2D eigenvalue weighted by molar-refractivity contribution is 0.316. The summed E-state index contributed by atoms with van der Waals surface area (Å²) in [6, 6.07) is 8.54. The summed E-state index contributed by atoms with van der Waals surface area (Å²) in [4.78, 5) is 0. The molecule has 0 aliphatic heterocycles.